The fourth-order valence-electron chi connectivity index (χ4n) is 1.65. The molecule has 0 saturated carbocycles. The average molecular weight is 299 g/mol. The summed E-state index contributed by atoms with van der Waals surface area (Å²) in [6.07, 6.45) is 4.94. The molecule has 1 aromatic carbocycles. The van der Waals surface area contributed by atoms with Crippen molar-refractivity contribution in [3.8, 4) is 0 Å². The molecule has 0 aliphatic heterocycles. The van der Waals surface area contributed by atoms with E-state index < -0.39 is 5.97 Å². The van der Waals surface area contributed by atoms with E-state index >= 15 is 0 Å². The first-order chi connectivity index (χ1) is 10.3. The van der Waals surface area contributed by atoms with Gasteiger partial charge in [0.25, 0.3) is 0 Å². The molecule has 1 aromatic heterocycles. The zero-order valence-corrected chi connectivity index (χ0v) is 13.0. The third-order valence-electron chi connectivity index (χ3n) is 2.91. The third-order valence-corrected chi connectivity index (χ3v) is 2.91. The number of carboxylic acid groups (broad SMARTS) is 1. The molecule has 116 valence electrons. The monoisotopic (exact) mass is 299 g/mol. The van der Waals surface area contributed by atoms with E-state index in [4.69, 9.17) is 10.9 Å². The highest BCUT2D eigenvalue weighted by Crippen LogP contribution is 2.21. The van der Waals surface area contributed by atoms with Gasteiger partial charge in [0, 0.05) is 18.0 Å². The van der Waals surface area contributed by atoms with Gasteiger partial charge in [-0.1, -0.05) is 39.0 Å². The molecule has 0 unspecified atom stereocenters. The van der Waals surface area contributed by atoms with Crippen LogP contribution in [0.4, 0.5) is 0 Å². The second kappa shape index (κ2) is 7.93. The lowest BCUT2D eigenvalue weighted by molar-refractivity contribution is 0.0697. The molecule has 2 rings (SSSR count). The Morgan fingerprint density at radius 2 is 1.86 bits per heavy atom. The number of hydrogen-bond acceptors (Lipinski definition) is 4. The van der Waals surface area contributed by atoms with E-state index in [1.54, 1.807) is 30.7 Å². The molecule has 0 saturated heterocycles. The number of hydrazone groups is 1. The van der Waals surface area contributed by atoms with Crippen LogP contribution < -0.4 is 5.84 Å². The number of benzene rings is 1. The number of aromatic nitrogens is 1. The SMILES string of the molecule is CC(C)(C)c1ccc(C(=O)O)cc1.NN=Cc1cccnc1. The average Bonchev–Trinajstić information content (AvgIpc) is 2.48. The fourth-order valence-corrected chi connectivity index (χ4v) is 1.65. The van der Waals surface area contributed by atoms with Crippen molar-refractivity contribution in [3.05, 3.63) is 65.5 Å². The molecule has 3 N–H and O–H groups in total. The minimum absolute atomic E-state index is 0.0804. The van der Waals surface area contributed by atoms with E-state index in [-0.39, 0.29) is 5.41 Å². The summed E-state index contributed by atoms with van der Waals surface area (Å²) >= 11 is 0. The molecule has 0 bridgehead atoms. The van der Waals surface area contributed by atoms with Crippen molar-refractivity contribution in [1.29, 1.82) is 0 Å². The van der Waals surface area contributed by atoms with E-state index in [0.29, 0.717) is 5.56 Å². The molecular formula is C17H21N3O2. The molecular weight excluding hydrogens is 278 g/mol. The van der Waals surface area contributed by atoms with Crippen LogP contribution in [0.1, 0.15) is 42.3 Å². The van der Waals surface area contributed by atoms with Gasteiger partial charge in [-0.05, 0) is 29.2 Å². The molecule has 0 amide bonds. The van der Waals surface area contributed by atoms with Crippen molar-refractivity contribution in [2.75, 3.05) is 0 Å². The Bertz CT molecular complexity index is 615. The van der Waals surface area contributed by atoms with Crippen LogP contribution in [-0.2, 0) is 5.41 Å². The van der Waals surface area contributed by atoms with Crippen LogP contribution >= 0.6 is 0 Å². The Labute approximate surface area is 130 Å². The quantitative estimate of drug-likeness (QED) is 0.507. The molecule has 1 heterocycles. The molecule has 2 aromatic rings. The Kier molecular flexibility index (Phi) is 6.25. The molecule has 0 aliphatic carbocycles. The van der Waals surface area contributed by atoms with Crippen LogP contribution in [0, 0.1) is 0 Å². The van der Waals surface area contributed by atoms with Gasteiger partial charge in [0.1, 0.15) is 0 Å². The Balaban J connectivity index is 0.000000235. The van der Waals surface area contributed by atoms with Gasteiger partial charge in [-0.3, -0.25) is 4.98 Å². The standard InChI is InChI=1S/C11H14O2.C6H7N3/c1-11(2,3)9-6-4-8(5-7-9)10(12)13;7-9-5-6-2-1-3-8-4-6/h4-7H,1-3H3,(H,12,13);1-5H,7H2. The largest absolute Gasteiger partial charge is 0.478 e. The highest BCUT2D eigenvalue weighted by Gasteiger charge is 2.13. The highest BCUT2D eigenvalue weighted by molar-refractivity contribution is 5.87. The third kappa shape index (κ3) is 5.75. The topological polar surface area (TPSA) is 88.6 Å². The van der Waals surface area contributed by atoms with Gasteiger partial charge < -0.3 is 10.9 Å². The van der Waals surface area contributed by atoms with Crippen molar-refractivity contribution >= 4 is 12.2 Å². The molecule has 5 nitrogen and oxygen atoms in total. The first-order valence-electron chi connectivity index (χ1n) is 6.81. The summed E-state index contributed by atoms with van der Waals surface area (Å²) in [5, 5.41) is 12.0. The predicted molar refractivity (Wildman–Crippen MR) is 88.1 cm³/mol. The van der Waals surface area contributed by atoms with Crippen LogP contribution in [0.25, 0.3) is 0 Å². The van der Waals surface area contributed by atoms with E-state index in [9.17, 15) is 4.79 Å². The summed E-state index contributed by atoms with van der Waals surface area (Å²) < 4.78 is 0. The van der Waals surface area contributed by atoms with Gasteiger partial charge in [-0.15, -0.1) is 0 Å². The smallest absolute Gasteiger partial charge is 0.335 e. The van der Waals surface area contributed by atoms with Crippen LogP contribution in [0.2, 0.25) is 0 Å². The number of aromatic carboxylic acids is 1. The van der Waals surface area contributed by atoms with Gasteiger partial charge in [0.15, 0.2) is 0 Å². The Morgan fingerprint density at radius 1 is 1.23 bits per heavy atom. The zero-order chi connectivity index (χ0) is 16.6. The Hall–Kier alpha value is -2.69. The number of carboxylic acids is 1. The van der Waals surface area contributed by atoms with Crippen LogP contribution in [0.5, 0.6) is 0 Å². The molecule has 0 atom stereocenters. The minimum Gasteiger partial charge on any atom is -0.478 e. The molecule has 5 heteroatoms. The van der Waals surface area contributed by atoms with E-state index in [1.165, 1.54) is 0 Å². The maximum atomic E-state index is 10.6. The van der Waals surface area contributed by atoms with Crippen LogP contribution in [0.3, 0.4) is 0 Å². The maximum Gasteiger partial charge on any atom is 0.335 e. The summed E-state index contributed by atoms with van der Waals surface area (Å²) in [5.74, 6) is 4.03. The molecule has 0 radical (unpaired) electrons. The summed E-state index contributed by atoms with van der Waals surface area (Å²) in [6.45, 7) is 6.30. The number of carbonyl (C=O) groups is 1. The number of rotatable bonds is 2. The minimum atomic E-state index is -0.875. The molecule has 0 fully saturated rings. The van der Waals surface area contributed by atoms with Crippen molar-refractivity contribution in [3.63, 3.8) is 0 Å². The molecule has 22 heavy (non-hydrogen) atoms. The first kappa shape index (κ1) is 17.4. The van der Waals surface area contributed by atoms with Crippen LogP contribution in [-0.4, -0.2) is 22.3 Å². The second-order valence-electron chi connectivity index (χ2n) is 5.70. The summed E-state index contributed by atoms with van der Waals surface area (Å²) in [5.41, 5.74) is 2.49. The lowest BCUT2D eigenvalue weighted by Gasteiger charge is -2.18. The number of pyridine rings is 1. The number of hydrogen-bond donors (Lipinski definition) is 2. The fraction of sp³-hybridized carbons (Fsp3) is 0.235. The second-order valence-corrected chi connectivity index (χ2v) is 5.70. The Morgan fingerprint density at radius 3 is 2.27 bits per heavy atom. The molecule has 0 spiro atoms. The maximum absolute atomic E-state index is 10.6. The van der Waals surface area contributed by atoms with E-state index in [0.717, 1.165) is 11.1 Å². The molecule has 0 aliphatic rings. The van der Waals surface area contributed by atoms with E-state index in [1.807, 2.05) is 24.3 Å². The van der Waals surface area contributed by atoms with Crippen LogP contribution in [0.15, 0.2) is 53.9 Å². The predicted octanol–water partition coefficient (Wildman–Crippen LogP) is 3.06. The number of nitrogens with zero attached hydrogens (tertiary/aromatic N) is 2. The van der Waals surface area contributed by atoms with Gasteiger partial charge in [0.05, 0.1) is 11.8 Å². The lowest BCUT2D eigenvalue weighted by Crippen LogP contribution is -2.11. The first-order valence-corrected chi connectivity index (χ1v) is 6.81. The van der Waals surface area contributed by atoms with Crippen molar-refractivity contribution < 1.29 is 9.90 Å². The lowest BCUT2D eigenvalue weighted by atomic mass is 9.87. The summed E-state index contributed by atoms with van der Waals surface area (Å²) in [4.78, 5) is 14.4. The van der Waals surface area contributed by atoms with Crippen molar-refractivity contribution in [1.82, 2.24) is 4.98 Å². The van der Waals surface area contributed by atoms with Gasteiger partial charge in [-0.25, -0.2) is 4.79 Å². The summed E-state index contributed by atoms with van der Waals surface area (Å²) in [6, 6.07) is 10.7. The van der Waals surface area contributed by atoms with Gasteiger partial charge >= 0.3 is 5.97 Å². The van der Waals surface area contributed by atoms with Gasteiger partial charge in [0.2, 0.25) is 0 Å². The summed E-state index contributed by atoms with van der Waals surface area (Å²) in [7, 11) is 0. The number of nitrogens with two attached hydrogens (primary N) is 1. The van der Waals surface area contributed by atoms with Crippen molar-refractivity contribution in [2.24, 2.45) is 10.9 Å². The van der Waals surface area contributed by atoms with Gasteiger partial charge in [-0.2, -0.15) is 5.10 Å². The van der Waals surface area contributed by atoms with E-state index in [2.05, 4.69) is 30.9 Å². The zero-order valence-electron chi connectivity index (χ0n) is 13.0. The van der Waals surface area contributed by atoms with Crippen molar-refractivity contribution in [2.45, 2.75) is 26.2 Å². The normalized spacial score (nSPS) is 10.9. The highest BCUT2D eigenvalue weighted by atomic mass is 16.4.